The van der Waals surface area contributed by atoms with E-state index in [0.717, 1.165) is 12.8 Å². The van der Waals surface area contributed by atoms with E-state index in [1.807, 2.05) is 0 Å². The molecule has 1 aliphatic carbocycles. The molecule has 4 aromatic rings. The number of benzene rings is 4. The molecule has 0 unspecified atom stereocenters. The molecule has 0 saturated heterocycles. The van der Waals surface area contributed by atoms with Crippen LogP contribution in [0.25, 0.3) is 33.4 Å². The molecule has 1 aliphatic rings. The average Bonchev–Trinajstić information content (AvgIpc) is 3.12. The monoisotopic (exact) mass is 346 g/mol. The van der Waals surface area contributed by atoms with Crippen molar-refractivity contribution in [1.82, 2.24) is 0 Å². The van der Waals surface area contributed by atoms with Crippen molar-refractivity contribution in [2.24, 2.45) is 0 Å². The maximum atomic E-state index is 2.43. The molecule has 0 aliphatic heterocycles. The highest BCUT2D eigenvalue weighted by atomic mass is 14.3. The third kappa shape index (κ3) is 2.61. The lowest BCUT2D eigenvalue weighted by Crippen LogP contribution is -1.98. The Balaban J connectivity index is 1.87. The first-order valence-corrected chi connectivity index (χ1v) is 9.74. The summed E-state index contributed by atoms with van der Waals surface area (Å²) in [6.07, 6.45) is 2.05. The van der Waals surface area contributed by atoms with Gasteiger partial charge in [0.05, 0.1) is 0 Å². The van der Waals surface area contributed by atoms with Crippen LogP contribution < -0.4 is 0 Å². The molecule has 0 spiro atoms. The molecule has 0 bridgehead atoms. The van der Waals surface area contributed by atoms with Gasteiger partial charge in [-0.3, -0.25) is 0 Å². The minimum absolute atomic E-state index is 1.03. The molecule has 0 heterocycles. The first-order chi connectivity index (χ1) is 13.4. The molecule has 0 radical (unpaired) electrons. The van der Waals surface area contributed by atoms with Crippen LogP contribution in [0, 0.1) is 0 Å². The molecule has 0 amide bonds. The summed E-state index contributed by atoms with van der Waals surface area (Å²) in [4.78, 5) is 0. The third-order valence-electron chi connectivity index (χ3n) is 5.72. The van der Waals surface area contributed by atoms with Crippen LogP contribution in [0.15, 0.2) is 91.0 Å². The summed E-state index contributed by atoms with van der Waals surface area (Å²) >= 11 is 0. The molecule has 130 valence electrons. The van der Waals surface area contributed by atoms with Gasteiger partial charge in [-0.1, -0.05) is 91.9 Å². The van der Waals surface area contributed by atoms with Crippen LogP contribution in [-0.2, 0) is 12.8 Å². The Morgan fingerprint density at radius 2 is 1.26 bits per heavy atom. The first kappa shape index (κ1) is 16.1. The SMILES string of the molecule is CCc1c(-c2ccccc2)cc2c(c1-c1ccccc1)Cc1ccccc1-2. The van der Waals surface area contributed by atoms with Gasteiger partial charge in [-0.15, -0.1) is 0 Å². The minimum Gasteiger partial charge on any atom is -0.0622 e. The fraction of sp³-hybridized carbons (Fsp3) is 0.111. The highest BCUT2D eigenvalue weighted by molar-refractivity contribution is 5.92. The number of hydrogen-bond donors (Lipinski definition) is 0. The van der Waals surface area contributed by atoms with Crippen LogP contribution in [-0.4, -0.2) is 0 Å². The van der Waals surface area contributed by atoms with Crippen molar-refractivity contribution >= 4 is 0 Å². The van der Waals surface area contributed by atoms with E-state index < -0.39 is 0 Å². The topological polar surface area (TPSA) is 0 Å². The summed E-state index contributed by atoms with van der Waals surface area (Å²) in [7, 11) is 0. The summed E-state index contributed by atoms with van der Waals surface area (Å²) in [5.41, 5.74) is 12.6. The molecular formula is C27H22. The van der Waals surface area contributed by atoms with Gasteiger partial charge in [-0.25, -0.2) is 0 Å². The molecule has 0 aromatic heterocycles. The maximum Gasteiger partial charge on any atom is -0.000718 e. The highest BCUT2D eigenvalue weighted by Gasteiger charge is 2.25. The second-order valence-electron chi connectivity index (χ2n) is 7.22. The second kappa shape index (κ2) is 6.55. The largest absolute Gasteiger partial charge is 0.0622 e. The van der Waals surface area contributed by atoms with Crippen LogP contribution in [0.2, 0.25) is 0 Å². The van der Waals surface area contributed by atoms with Gasteiger partial charge in [-0.2, -0.15) is 0 Å². The zero-order chi connectivity index (χ0) is 18.2. The molecule has 4 aromatic carbocycles. The summed E-state index contributed by atoms with van der Waals surface area (Å²) in [6, 6.07) is 33.0. The summed E-state index contributed by atoms with van der Waals surface area (Å²) in [5.74, 6) is 0. The van der Waals surface area contributed by atoms with Gasteiger partial charge in [0.1, 0.15) is 0 Å². The van der Waals surface area contributed by atoms with E-state index in [0.29, 0.717) is 0 Å². The van der Waals surface area contributed by atoms with Crippen LogP contribution in [0.3, 0.4) is 0 Å². The second-order valence-corrected chi connectivity index (χ2v) is 7.22. The summed E-state index contributed by atoms with van der Waals surface area (Å²) in [5, 5.41) is 0. The summed E-state index contributed by atoms with van der Waals surface area (Å²) in [6.45, 7) is 2.28. The van der Waals surface area contributed by atoms with Crippen molar-refractivity contribution in [3.05, 3.63) is 108 Å². The Labute approximate surface area is 161 Å². The fourth-order valence-electron chi connectivity index (χ4n) is 4.52. The number of hydrogen-bond acceptors (Lipinski definition) is 0. The van der Waals surface area contributed by atoms with Gasteiger partial charge in [-0.05, 0) is 69.0 Å². The Bertz CT molecular complexity index is 1110. The molecule has 27 heavy (non-hydrogen) atoms. The van der Waals surface area contributed by atoms with Crippen LogP contribution >= 0.6 is 0 Å². The van der Waals surface area contributed by atoms with Crippen molar-refractivity contribution in [3.8, 4) is 33.4 Å². The van der Waals surface area contributed by atoms with Crippen LogP contribution in [0.5, 0.6) is 0 Å². The van der Waals surface area contributed by atoms with Gasteiger partial charge in [0, 0.05) is 0 Å². The van der Waals surface area contributed by atoms with Crippen molar-refractivity contribution in [3.63, 3.8) is 0 Å². The van der Waals surface area contributed by atoms with Crippen molar-refractivity contribution in [2.45, 2.75) is 19.8 Å². The van der Waals surface area contributed by atoms with E-state index in [1.54, 1.807) is 0 Å². The quantitative estimate of drug-likeness (QED) is 0.325. The average molecular weight is 346 g/mol. The highest BCUT2D eigenvalue weighted by Crippen LogP contribution is 2.46. The Morgan fingerprint density at radius 3 is 1.96 bits per heavy atom. The standard InChI is InChI=1S/C27H22/c1-2-22-24(19-11-5-3-6-12-19)18-25-23-16-10-9-15-21(23)17-26(25)27(22)20-13-7-4-8-14-20/h3-16,18H,2,17H2,1H3. The molecular weight excluding hydrogens is 324 g/mol. The number of fused-ring (bicyclic) bond motifs is 3. The van der Waals surface area contributed by atoms with Crippen molar-refractivity contribution in [2.75, 3.05) is 0 Å². The van der Waals surface area contributed by atoms with E-state index in [2.05, 4.69) is 97.9 Å². The van der Waals surface area contributed by atoms with Gasteiger partial charge in [0.15, 0.2) is 0 Å². The molecule has 0 N–H and O–H groups in total. The van der Waals surface area contributed by atoms with E-state index >= 15 is 0 Å². The molecule has 0 nitrogen and oxygen atoms in total. The van der Waals surface area contributed by atoms with Crippen molar-refractivity contribution in [1.29, 1.82) is 0 Å². The predicted molar refractivity (Wildman–Crippen MR) is 115 cm³/mol. The first-order valence-electron chi connectivity index (χ1n) is 9.74. The third-order valence-corrected chi connectivity index (χ3v) is 5.72. The fourth-order valence-corrected chi connectivity index (χ4v) is 4.52. The lowest BCUT2D eigenvalue weighted by atomic mass is 9.84. The van der Waals surface area contributed by atoms with Gasteiger partial charge in [0.25, 0.3) is 0 Å². The lowest BCUT2D eigenvalue weighted by molar-refractivity contribution is 1.13. The Hall–Kier alpha value is -3.12. The molecule has 0 atom stereocenters. The minimum atomic E-state index is 1.03. The zero-order valence-corrected chi connectivity index (χ0v) is 15.6. The molecule has 0 saturated carbocycles. The van der Waals surface area contributed by atoms with E-state index in [-0.39, 0.29) is 0 Å². The van der Waals surface area contributed by atoms with Crippen LogP contribution in [0.1, 0.15) is 23.6 Å². The summed E-state index contributed by atoms with van der Waals surface area (Å²) < 4.78 is 0. The van der Waals surface area contributed by atoms with E-state index in [9.17, 15) is 0 Å². The number of rotatable bonds is 3. The molecule has 0 heteroatoms. The Kier molecular flexibility index (Phi) is 3.90. The van der Waals surface area contributed by atoms with Crippen molar-refractivity contribution < 1.29 is 0 Å². The van der Waals surface area contributed by atoms with Gasteiger partial charge in [0.2, 0.25) is 0 Å². The predicted octanol–water partition coefficient (Wildman–Crippen LogP) is 7.15. The van der Waals surface area contributed by atoms with Crippen LogP contribution in [0.4, 0.5) is 0 Å². The maximum absolute atomic E-state index is 2.43. The zero-order valence-electron chi connectivity index (χ0n) is 15.6. The Morgan fingerprint density at radius 1 is 0.630 bits per heavy atom. The lowest BCUT2D eigenvalue weighted by Gasteiger charge is -2.19. The van der Waals surface area contributed by atoms with Gasteiger partial charge >= 0.3 is 0 Å². The van der Waals surface area contributed by atoms with E-state index in [1.165, 1.54) is 50.1 Å². The molecule has 0 fully saturated rings. The van der Waals surface area contributed by atoms with E-state index in [4.69, 9.17) is 0 Å². The smallest absolute Gasteiger partial charge is 0.000718 e. The molecule has 5 rings (SSSR count). The normalized spacial score (nSPS) is 11.9. The van der Waals surface area contributed by atoms with Gasteiger partial charge < -0.3 is 0 Å².